The first kappa shape index (κ1) is 29.2. The average molecular weight is 498 g/mol. The lowest BCUT2D eigenvalue weighted by molar-refractivity contribution is -0.143. The van der Waals surface area contributed by atoms with Crippen LogP contribution in [0.1, 0.15) is 97.7 Å². The van der Waals surface area contributed by atoms with Crippen LogP contribution < -0.4 is 10.6 Å². The highest BCUT2D eigenvalue weighted by Crippen LogP contribution is 2.36. The van der Waals surface area contributed by atoms with Gasteiger partial charge in [0.15, 0.2) is 0 Å². The Morgan fingerprint density at radius 1 is 1.11 bits per heavy atom. The molecule has 3 unspecified atom stereocenters. The van der Waals surface area contributed by atoms with Crippen molar-refractivity contribution in [3.63, 3.8) is 0 Å². The zero-order valence-corrected chi connectivity index (χ0v) is 22.9. The normalized spacial score (nSPS) is 15.9. The maximum Gasteiger partial charge on any atom is 0.408 e. The van der Waals surface area contributed by atoms with Crippen LogP contribution in [0.5, 0.6) is 0 Å². The zero-order chi connectivity index (χ0) is 27.0. The third-order valence-corrected chi connectivity index (χ3v) is 5.92. The Bertz CT molecular complexity index is 939. The molecule has 7 heteroatoms. The van der Waals surface area contributed by atoms with E-state index in [-0.39, 0.29) is 29.8 Å². The van der Waals surface area contributed by atoms with Crippen LogP contribution >= 0.6 is 0 Å². The van der Waals surface area contributed by atoms with E-state index in [0.717, 1.165) is 25.7 Å². The lowest BCUT2D eigenvalue weighted by Crippen LogP contribution is -2.54. The molecule has 0 aromatic heterocycles. The van der Waals surface area contributed by atoms with Crippen LogP contribution in [0.25, 0.3) is 0 Å². The summed E-state index contributed by atoms with van der Waals surface area (Å²) < 4.78 is 5.43. The van der Waals surface area contributed by atoms with Gasteiger partial charge in [0.1, 0.15) is 17.7 Å². The molecule has 0 aliphatic heterocycles. The zero-order valence-electron chi connectivity index (χ0n) is 22.9. The van der Waals surface area contributed by atoms with E-state index in [0.29, 0.717) is 17.5 Å². The molecular formula is C29H43N3O4. The number of benzene rings is 1. The fourth-order valence-corrected chi connectivity index (χ4v) is 4.22. The van der Waals surface area contributed by atoms with Gasteiger partial charge in [0.25, 0.3) is 0 Å². The summed E-state index contributed by atoms with van der Waals surface area (Å²) in [6.45, 7) is 13.4. The van der Waals surface area contributed by atoms with Gasteiger partial charge in [0.05, 0.1) is 0 Å². The van der Waals surface area contributed by atoms with E-state index >= 15 is 0 Å². The Balaban J connectivity index is 2.45. The summed E-state index contributed by atoms with van der Waals surface area (Å²) in [6, 6.07) is 5.45. The SMILES string of the molecule is C#Cc1ccc(C(C(=O)NC(C)CCC)N(C(=O)C(CC(C)C)NC(=O)OC(C)(C)C)C2CC2)cc1. The maximum absolute atomic E-state index is 14.1. The molecule has 1 saturated carbocycles. The summed E-state index contributed by atoms with van der Waals surface area (Å²) in [4.78, 5) is 42.0. The Hall–Kier alpha value is -3.01. The van der Waals surface area contributed by atoms with Crippen molar-refractivity contribution >= 4 is 17.9 Å². The Labute approximate surface area is 216 Å². The number of alkyl carbamates (subject to hydrolysis) is 1. The van der Waals surface area contributed by atoms with Gasteiger partial charge in [-0.05, 0) is 77.0 Å². The van der Waals surface area contributed by atoms with Crippen LogP contribution in [-0.4, -0.2) is 46.5 Å². The molecule has 3 atom stereocenters. The molecule has 1 aromatic rings. The quantitative estimate of drug-likeness (QED) is 0.424. The summed E-state index contributed by atoms with van der Waals surface area (Å²) in [6.07, 6.45) is 8.70. The van der Waals surface area contributed by atoms with Gasteiger partial charge in [-0.1, -0.05) is 45.2 Å². The Kier molecular flexibility index (Phi) is 10.4. The van der Waals surface area contributed by atoms with Gasteiger partial charge >= 0.3 is 6.09 Å². The minimum Gasteiger partial charge on any atom is -0.444 e. The van der Waals surface area contributed by atoms with Crippen molar-refractivity contribution in [1.82, 2.24) is 15.5 Å². The summed E-state index contributed by atoms with van der Waals surface area (Å²) in [7, 11) is 0. The molecule has 3 amide bonds. The third-order valence-electron chi connectivity index (χ3n) is 5.92. The smallest absolute Gasteiger partial charge is 0.408 e. The number of carbonyl (C=O) groups excluding carboxylic acids is 3. The van der Waals surface area contributed by atoms with Gasteiger partial charge in [-0.15, -0.1) is 6.42 Å². The average Bonchev–Trinajstić information content (AvgIpc) is 3.60. The molecule has 1 aliphatic carbocycles. The number of hydrogen-bond donors (Lipinski definition) is 2. The van der Waals surface area contributed by atoms with Crippen LogP contribution in [0, 0.1) is 18.3 Å². The maximum atomic E-state index is 14.1. The molecular weight excluding hydrogens is 454 g/mol. The molecule has 7 nitrogen and oxygen atoms in total. The number of ether oxygens (including phenoxy) is 1. The second kappa shape index (κ2) is 12.8. The first-order chi connectivity index (χ1) is 16.9. The van der Waals surface area contributed by atoms with Gasteiger partial charge < -0.3 is 20.3 Å². The van der Waals surface area contributed by atoms with Gasteiger partial charge in [0, 0.05) is 17.6 Å². The van der Waals surface area contributed by atoms with E-state index in [1.165, 1.54) is 0 Å². The second-order valence-corrected chi connectivity index (χ2v) is 11.2. The van der Waals surface area contributed by atoms with Crippen LogP contribution in [0.3, 0.4) is 0 Å². The number of rotatable bonds is 11. The molecule has 1 aromatic carbocycles. The predicted octanol–water partition coefficient (Wildman–Crippen LogP) is 4.94. The van der Waals surface area contributed by atoms with Crippen molar-refractivity contribution in [3.8, 4) is 12.3 Å². The van der Waals surface area contributed by atoms with Crippen molar-refractivity contribution in [2.45, 2.75) is 110 Å². The Morgan fingerprint density at radius 2 is 1.72 bits per heavy atom. The van der Waals surface area contributed by atoms with Crippen LogP contribution in [0.2, 0.25) is 0 Å². The summed E-state index contributed by atoms with van der Waals surface area (Å²) in [5, 5.41) is 5.87. The van der Waals surface area contributed by atoms with Crippen LogP contribution in [-0.2, 0) is 14.3 Å². The fraction of sp³-hybridized carbons (Fsp3) is 0.621. The first-order valence-corrected chi connectivity index (χ1v) is 13.0. The van der Waals surface area contributed by atoms with Crippen molar-refractivity contribution in [3.05, 3.63) is 35.4 Å². The second-order valence-electron chi connectivity index (χ2n) is 11.2. The van der Waals surface area contributed by atoms with Crippen molar-refractivity contribution < 1.29 is 19.1 Å². The van der Waals surface area contributed by atoms with E-state index in [2.05, 4.69) is 23.5 Å². The van der Waals surface area contributed by atoms with E-state index < -0.39 is 23.8 Å². The molecule has 2 N–H and O–H groups in total. The molecule has 0 radical (unpaired) electrons. The highest BCUT2D eigenvalue weighted by Gasteiger charge is 2.44. The van der Waals surface area contributed by atoms with Crippen molar-refractivity contribution in [2.24, 2.45) is 5.92 Å². The highest BCUT2D eigenvalue weighted by molar-refractivity contribution is 5.92. The standard InChI is InChI=1S/C29H43N3O4/c1-9-11-20(5)30-26(33)25(22-14-12-21(10-2)13-15-22)32(23-16-17-23)27(34)24(18-19(3)4)31-28(35)36-29(6,7)8/h2,12-15,19-20,23-25H,9,11,16-18H2,1,3-8H3,(H,30,33)(H,31,35). The molecule has 0 spiro atoms. The van der Waals surface area contributed by atoms with Crippen LogP contribution in [0.15, 0.2) is 24.3 Å². The highest BCUT2D eigenvalue weighted by atomic mass is 16.6. The lowest BCUT2D eigenvalue weighted by atomic mass is 9.98. The van der Waals surface area contributed by atoms with E-state index in [9.17, 15) is 14.4 Å². The molecule has 0 heterocycles. The molecule has 198 valence electrons. The molecule has 36 heavy (non-hydrogen) atoms. The molecule has 0 bridgehead atoms. The van der Waals surface area contributed by atoms with Gasteiger partial charge in [-0.2, -0.15) is 0 Å². The summed E-state index contributed by atoms with van der Waals surface area (Å²) in [5.41, 5.74) is 0.698. The number of carbonyl (C=O) groups is 3. The predicted molar refractivity (Wildman–Crippen MR) is 142 cm³/mol. The van der Waals surface area contributed by atoms with E-state index in [1.807, 2.05) is 32.9 Å². The van der Waals surface area contributed by atoms with Gasteiger partial charge in [0.2, 0.25) is 11.8 Å². The summed E-state index contributed by atoms with van der Waals surface area (Å²) >= 11 is 0. The van der Waals surface area contributed by atoms with Crippen LogP contribution in [0.4, 0.5) is 4.79 Å². The summed E-state index contributed by atoms with van der Waals surface area (Å²) in [5.74, 6) is 2.23. The fourth-order valence-electron chi connectivity index (χ4n) is 4.22. The number of nitrogens with one attached hydrogen (secondary N) is 2. The minimum atomic E-state index is -0.828. The first-order valence-electron chi connectivity index (χ1n) is 13.0. The lowest BCUT2D eigenvalue weighted by Gasteiger charge is -2.35. The number of terminal acetylenes is 1. The molecule has 0 saturated heterocycles. The molecule has 1 aliphatic rings. The van der Waals surface area contributed by atoms with Gasteiger partial charge in [-0.25, -0.2) is 4.79 Å². The van der Waals surface area contributed by atoms with E-state index in [1.54, 1.807) is 37.8 Å². The monoisotopic (exact) mass is 497 g/mol. The molecule has 2 rings (SSSR count). The Morgan fingerprint density at radius 3 is 2.19 bits per heavy atom. The van der Waals surface area contributed by atoms with Crippen molar-refractivity contribution in [1.29, 1.82) is 0 Å². The van der Waals surface area contributed by atoms with E-state index in [4.69, 9.17) is 11.2 Å². The molecule has 1 fully saturated rings. The third kappa shape index (κ3) is 8.89. The number of nitrogens with zero attached hydrogens (tertiary/aromatic N) is 1. The number of amides is 3. The minimum absolute atomic E-state index is 0.0301. The van der Waals surface area contributed by atoms with Crippen molar-refractivity contribution in [2.75, 3.05) is 0 Å². The number of hydrogen-bond acceptors (Lipinski definition) is 4. The van der Waals surface area contributed by atoms with Gasteiger partial charge in [-0.3, -0.25) is 9.59 Å². The largest absolute Gasteiger partial charge is 0.444 e. The topological polar surface area (TPSA) is 87.7 Å².